The smallest absolute Gasteiger partial charge is 0.374 e. The van der Waals surface area contributed by atoms with Gasteiger partial charge in [-0.1, -0.05) is 6.07 Å². The van der Waals surface area contributed by atoms with Gasteiger partial charge in [0.2, 0.25) is 5.76 Å². The quantitative estimate of drug-likeness (QED) is 0.363. The van der Waals surface area contributed by atoms with Gasteiger partial charge in [0.15, 0.2) is 11.6 Å². The lowest BCUT2D eigenvalue weighted by Crippen LogP contribution is -2.04. The summed E-state index contributed by atoms with van der Waals surface area (Å²) in [5, 5.41) is 10.7. The summed E-state index contributed by atoms with van der Waals surface area (Å²) in [6, 6.07) is 13.0. The van der Waals surface area contributed by atoms with Crippen molar-refractivity contribution in [3.05, 3.63) is 81.9 Å². The molecular formula is C19H14FNO6. The predicted molar refractivity (Wildman–Crippen MR) is 92.9 cm³/mol. The fraction of sp³-hybridized carbons (Fsp3) is 0.105. The third kappa shape index (κ3) is 4.12. The first-order valence-electron chi connectivity index (χ1n) is 7.82. The van der Waals surface area contributed by atoms with E-state index in [1.54, 1.807) is 12.1 Å². The van der Waals surface area contributed by atoms with Crippen LogP contribution in [-0.2, 0) is 11.3 Å². The van der Waals surface area contributed by atoms with Crippen LogP contribution >= 0.6 is 0 Å². The lowest BCUT2D eigenvalue weighted by atomic mass is 10.1. The predicted octanol–water partition coefficient (Wildman–Crippen LogP) is 4.36. The van der Waals surface area contributed by atoms with Gasteiger partial charge >= 0.3 is 5.97 Å². The highest BCUT2D eigenvalue weighted by Crippen LogP contribution is 2.25. The van der Waals surface area contributed by atoms with Crippen LogP contribution in [0.25, 0.3) is 11.3 Å². The van der Waals surface area contributed by atoms with Crippen LogP contribution in [-0.4, -0.2) is 18.0 Å². The summed E-state index contributed by atoms with van der Waals surface area (Å²) in [7, 11) is 1.36. The molecule has 0 bridgehead atoms. The lowest BCUT2D eigenvalue weighted by molar-refractivity contribution is -0.384. The molecule has 1 heterocycles. The van der Waals surface area contributed by atoms with Crippen molar-refractivity contribution in [3.63, 3.8) is 0 Å². The molecule has 0 spiro atoms. The molecule has 0 saturated heterocycles. The number of methoxy groups -OCH3 is 1. The standard InChI is InChI=1S/C19H14FNO6/c1-25-17-7-2-12(10-15(17)20)11-26-19(22)18-9-8-16(27-18)13-3-5-14(6-4-13)21(23)24/h2-10H,11H2,1H3. The second-order valence-corrected chi connectivity index (χ2v) is 5.51. The highest BCUT2D eigenvalue weighted by Gasteiger charge is 2.15. The first-order chi connectivity index (χ1) is 13.0. The van der Waals surface area contributed by atoms with Crippen molar-refractivity contribution >= 4 is 11.7 Å². The Hall–Kier alpha value is -3.68. The maximum Gasteiger partial charge on any atom is 0.374 e. The van der Waals surface area contributed by atoms with Crippen molar-refractivity contribution < 1.29 is 28.0 Å². The number of esters is 1. The molecule has 0 saturated carbocycles. The summed E-state index contributed by atoms with van der Waals surface area (Å²) in [5.74, 6) is -0.822. The molecule has 3 rings (SSSR count). The third-order valence-corrected chi connectivity index (χ3v) is 3.76. The fourth-order valence-corrected chi connectivity index (χ4v) is 2.37. The van der Waals surface area contributed by atoms with E-state index < -0.39 is 16.7 Å². The van der Waals surface area contributed by atoms with E-state index in [0.717, 1.165) is 0 Å². The van der Waals surface area contributed by atoms with Crippen LogP contribution in [0.4, 0.5) is 10.1 Å². The molecule has 0 radical (unpaired) electrons. The molecule has 0 unspecified atom stereocenters. The van der Waals surface area contributed by atoms with Gasteiger partial charge in [0, 0.05) is 17.7 Å². The maximum absolute atomic E-state index is 13.6. The van der Waals surface area contributed by atoms with E-state index in [1.807, 2.05) is 0 Å². The van der Waals surface area contributed by atoms with Crippen molar-refractivity contribution in [2.24, 2.45) is 0 Å². The van der Waals surface area contributed by atoms with Crippen LogP contribution < -0.4 is 4.74 Å². The average Bonchev–Trinajstić information content (AvgIpc) is 3.16. The van der Waals surface area contributed by atoms with Gasteiger partial charge in [-0.2, -0.15) is 0 Å². The molecule has 27 heavy (non-hydrogen) atoms. The van der Waals surface area contributed by atoms with E-state index in [1.165, 1.54) is 49.6 Å². The number of halogens is 1. The number of non-ortho nitro benzene ring substituents is 1. The Kier molecular flexibility index (Phi) is 5.16. The van der Waals surface area contributed by atoms with E-state index in [2.05, 4.69) is 0 Å². The number of benzene rings is 2. The van der Waals surface area contributed by atoms with Crippen LogP contribution in [0.1, 0.15) is 16.1 Å². The summed E-state index contributed by atoms with van der Waals surface area (Å²) < 4.78 is 29.0. The molecule has 0 aliphatic heterocycles. The molecule has 138 valence electrons. The number of carbonyl (C=O) groups excluding carboxylic acids is 1. The number of ether oxygens (including phenoxy) is 2. The Balaban J connectivity index is 1.66. The topological polar surface area (TPSA) is 91.8 Å². The maximum atomic E-state index is 13.6. The summed E-state index contributed by atoms with van der Waals surface area (Å²) >= 11 is 0. The Labute approximate surface area is 153 Å². The zero-order chi connectivity index (χ0) is 19.4. The zero-order valence-electron chi connectivity index (χ0n) is 14.2. The van der Waals surface area contributed by atoms with Crippen molar-refractivity contribution in [1.29, 1.82) is 0 Å². The fourth-order valence-electron chi connectivity index (χ4n) is 2.37. The highest BCUT2D eigenvalue weighted by atomic mass is 19.1. The molecule has 8 heteroatoms. The van der Waals surface area contributed by atoms with Crippen LogP contribution in [0.5, 0.6) is 5.75 Å². The normalized spacial score (nSPS) is 10.4. The number of nitrogens with zero attached hydrogens (tertiary/aromatic N) is 1. The van der Waals surface area contributed by atoms with Gasteiger partial charge in [-0.15, -0.1) is 0 Å². The summed E-state index contributed by atoms with van der Waals surface area (Å²) in [4.78, 5) is 22.3. The average molecular weight is 371 g/mol. The molecule has 0 atom stereocenters. The van der Waals surface area contributed by atoms with Gasteiger partial charge in [0.25, 0.3) is 5.69 Å². The van der Waals surface area contributed by atoms with E-state index in [4.69, 9.17) is 13.9 Å². The molecule has 2 aromatic carbocycles. The number of nitro benzene ring substituents is 1. The van der Waals surface area contributed by atoms with Gasteiger partial charge in [-0.3, -0.25) is 10.1 Å². The Morgan fingerprint density at radius 3 is 2.52 bits per heavy atom. The van der Waals surface area contributed by atoms with Gasteiger partial charge in [0.05, 0.1) is 12.0 Å². The molecule has 7 nitrogen and oxygen atoms in total. The van der Waals surface area contributed by atoms with Gasteiger partial charge in [-0.25, -0.2) is 9.18 Å². The number of carbonyl (C=O) groups is 1. The van der Waals surface area contributed by atoms with Crippen molar-refractivity contribution in [2.45, 2.75) is 6.61 Å². The van der Waals surface area contributed by atoms with Crippen LogP contribution in [0, 0.1) is 15.9 Å². The number of furan rings is 1. The second kappa shape index (κ2) is 7.69. The first kappa shape index (κ1) is 18.1. The minimum absolute atomic E-state index is 0.0302. The second-order valence-electron chi connectivity index (χ2n) is 5.51. The zero-order valence-corrected chi connectivity index (χ0v) is 14.2. The van der Waals surface area contributed by atoms with E-state index in [-0.39, 0.29) is 23.8 Å². The molecule has 0 aliphatic rings. The van der Waals surface area contributed by atoms with Crippen LogP contribution in [0.15, 0.2) is 59.0 Å². The highest BCUT2D eigenvalue weighted by molar-refractivity contribution is 5.87. The lowest BCUT2D eigenvalue weighted by Gasteiger charge is -2.06. The summed E-state index contributed by atoms with van der Waals surface area (Å²) in [6.45, 7) is -0.132. The van der Waals surface area contributed by atoms with Crippen LogP contribution in [0.3, 0.4) is 0 Å². The van der Waals surface area contributed by atoms with Gasteiger partial charge < -0.3 is 13.9 Å². The molecular weight excluding hydrogens is 357 g/mol. The Bertz CT molecular complexity index is 980. The summed E-state index contributed by atoms with van der Waals surface area (Å²) in [5.41, 5.74) is 0.998. The van der Waals surface area contributed by atoms with Crippen molar-refractivity contribution in [1.82, 2.24) is 0 Å². The van der Waals surface area contributed by atoms with Crippen molar-refractivity contribution in [3.8, 4) is 17.1 Å². The Morgan fingerprint density at radius 1 is 1.15 bits per heavy atom. The SMILES string of the molecule is COc1ccc(COC(=O)c2ccc(-c3ccc([N+](=O)[O-])cc3)o2)cc1F. The van der Waals surface area contributed by atoms with E-state index >= 15 is 0 Å². The number of rotatable bonds is 6. The molecule has 3 aromatic rings. The molecule has 0 fully saturated rings. The van der Waals surface area contributed by atoms with Crippen LogP contribution in [0.2, 0.25) is 0 Å². The first-order valence-corrected chi connectivity index (χ1v) is 7.82. The molecule has 1 aromatic heterocycles. The molecule has 0 N–H and O–H groups in total. The van der Waals surface area contributed by atoms with Gasteiger partial charge in [-0.05, 0) is 42.0 Å². The number of hydrogen-bond acceptors (Lipinski definition) is 6. The minimum atomic E-state index is -0.709. The third-order valence-electron chi connectivity index (χ3n) is 3.76. The Morgan fingerprint density at radius 2 is 1.89 bits per heavy atom. The van der Waals surface area contributed by atoms with Gasteiger partial charge in [0.1, 0.15) is 12.4 Å². The number of hydrogen-bond donors (Lipinski definition) is 0. The number of nitro groups is 1. The molecule has 0 amide bonds. The van der Waals surface area contributed by atoms with E-state index in [0.29, 0.717) is 16.9 Å². The monoisotopic (exact) mass is 371 g/mol. The largest absolute Gasteiger partial charge is 0.494 e. The minimum Gasteiger partial charge on any atom is -0.494 e. The molecule has 0 aliphatic carbocycles. The summed E-state index contributed by atoms with van der Waals surface area (Å²) in [6.07, 6.45) is 0. The van der Waals surface area contributed by atoms with Crippen molar-refractivity contribution in [2.75, 3.05) is 7.11 Å². The van der Waals surface area contributed by atoms with E-state index in [9.17, 15) is 19.3 Å².